The summed E-state index contributed by atoms with van der Waals surface area (Å²) < 4.78 is 2.13. The zero-order valence-corrected chi connectivity index (χ0v) is 13.1. The first-order valence-corrected chi connectivity index (χ1v) is 7.98. The number of halogens is 1. The van der Waals surface area contributed by atoms with Gasteiger partial charge in [-0.05, 0) is 37.8 Å². The molecule has 1 saturated heterocycles. The molecule has 1 fully saturated rings. The van der Waals surface area contributed by atoms with E-state index in [1.807, 2.05) is 0 Å². The SMILES string of the molecule is CCC(CC)n1ccc(CN2CCC(Cl)C(C)C2)n1. The lowest BCUT2D eigenvalue weighted by atomic mass is 9.99. The minimum atomic E-state index is 0.346. The lowest BCUT2D eigenvalue weighted by Crippen LogP contribution is -2.39. The summed E-state index contributed by atoms with van der Waals surface area (Å²) in [6, 6.07) is 2.71. The monoisotopic (exact) mass is 283 g/mol. The van der Waals surface area contributed by atoms with Crippen LogP contribution in [0.2, 0.25) is 0 Å². The summed E-state index contributed by atoms with van der Waals surface area (Å²) in [6.07, 6.45) is 5.51. The van der Waals surface area contributed by atoms with Crippen molar-refractivity contribution in [1.82, 2.24) is 14.7 Å². The lowest BCUT2D eigenvalue weighted by Gasteiger charge is -2.33. The van der Waals surface area contributed by atoms with Gasteiger partial charge in [0.2, 0.25) is 0 Å². The third kappa shape index (κ3) is 3.73. The molecule has 2 heterocycles. The van der Waals surface area contributed by atoms with E-state index >= 15 is 0 Å². The number of hydrogen-bond donors (Lipinski definition) is 0. The highest BCUT2D eigenvalue weighted by Gasteiger charge is 2.24. The maximum absolute atomic E-state index is 6.27. The zero-order chi connectivity index (χ0) is 13.8. The molecule has 2 rings (SSSR count). The van der Waals surface area contributed by atoms with Gasteiger partial charge in [-0.1, -0.05) is 20.8 Å². The van der Waals surface area contributed by atoms with Gasteiger partial charge in [-0.15, -0.1) is 11.6 Å². The van der Waals surface area contributed by atoms with E-state index in [4.69, 9.17) is 16.7 Å². The van der Waals surface area contributed by atoms with Crippen molar-refractivity contribution in [3.05, 3.63) is 18.0 Å². The quantitative estimate of drug-likeness (QED) is 0.769. The minimum absolute atomic E-state index is 0.346. The van der Waals surface area contributed by atoms with Gasteiger partial charge in [-0.3, -0.25) is 9.58 Å². The molecule has 0 radical (unpaired) electrons. The highest BCUT2D eigenvalue weighted by atomic mass is 35.5. The Hall–Kier alpha value is -0.540. The summed E-state index contributed by atoms with van der Waals surface area (Å²) in [5.74, 6) is 0.580. The summed E-state index contributed by atoms with van der Waals surface area (Å²) >= 11 is 6.27. The van der Waals surface area contributed by atoms with Gasteiger partial charge in [-0.25, -0.2) is 0 Å². The molecule has 0 N–H and O–H groups in total. The number of rotatable bonds is 5. The summed E-state index contributed by atoms with van der Waals surface area (Å²) in [5.41, 5.74) is 1.19. The molecule has 19 heavy (non-hydrogen) atoms. The molecule has 1 aliphatic heterocycles. The Bertz CT molecular complexity index is 386. The fourth-order valence-electron chi connectivity index (χ4n) is 2.90. The van der Waals surface area contributed by atoms with Crippen LogP contribution in [-0.4, -0.2) is 33.1 Å². The van der Waals surface area contributed by atoms with E-state index in [2.05, 4.69) is 42.6 Å². The Labute approximate surface area is 121 Å². The van der Waals surface area contributed by atoms with Crippen LogP contribution >= 0.6 is 11.6 Å². The number of nitrogens with zero attached hydrogens (tertiary/aromatic N) is 3. The van der Waals surface area contributed by atoms with Crippen LogP contribution < -0.4 is 0 Å². The van der Waals surface area contributed by atoms with E-state index in [1.165, 1.54) is 5.69 Å². The van der Waals surface area contributed by atoms with Crippen LogP contribution in [0.15, 0.2) is 12.3 Å². The first kappa shape index (κ1) is 14.9. The molecule has 0 bridgehead atoms. The lowest BCUT2D eigenvalue weighted by molar-refractivity contribution is 0.177. The van der Waals surface area contributed by atoms with Gasteiger partial charge < -0.3 is 0 Å². The van der Waals surface area contributed by atoms with Crippen LogP contribution in [0.25, 0.3) is 0 Å². The first-order chi connectivity index (χ1) is 9.13. The predicted molar refractivity (Wildman–Crippen MR) is 80.5 cm³/mol. The Morgan fingerprint density at radius 3 is 2.79 bits per heavy atom. The molecule has 2 atom stereocenters. The van der Waals surface area contributed by atoms with E-state index < -0.39 is 0 Å². The maximum atomic E-state index is 6.27. The Morgan fingerprint density at radius 1 is 1.42 bits per heavy atom. The van der Waals surface area contributed by atoms with E-state index in [9.17, 15) is 0 Å². The highest BCUT2D eigenvalue weighted by molar-refractivity contribution is 6.20. The van der Waals surface area contributed by atoms with Crippen molar-refractivity contribution in [3.63, 3.8) is 0 Å². The van der Waals surface area contributed by atoms with Gasteiger partial charge in [0.15, 0.2) is 0 Å². The van der Waals surface area contributed by atoms with Gasteiger partial charge in [-0.2, -0.15) is 5.10 Å². The molecule has 0 amide bonds. The molecule has 2 unspecified atom stereocenters. The summed E-state index contributed by atoms with van der Waals surface area (Å²) in [4.78, 5) is 2.48. The van der Waals surface area contributed by atoms with E-state index in [1.54, 1.807) is 0 Å². The Balaban J connectivity index is 1.93. The van der Waals surface area contributed by atoms with Crippen molar-refractivity contribution in [3.8, 4) is 0 Å². The van der Waals surface area contributed by atoms with Crippen LogP contribution in [0.5, 0.6) is 0 Å². The predicted octanol–water partition coefficient (Wildman–Crippen LogP) is 3.69. The summed E-state index contributed by atoms with van der Waals surface area (Å²) in [7, 11) is 0. The van der Waals surface area contributed by atoms with Crippen molar-refractivity contribution >= 4 is 11.6 Å². The van der Waals surface area contributed by atoms with E-state index in [0.717, 1.165) is 38.9 Å². The summed E-state index contributed by atoms with van der Waals surface area (Å²) in [6.45, 7) is 9.83. The second-order valence-corrected chi connectivity index (χ2v) is 6.34. The summed E-state index contributed by atoms with van der Waals surface area (Å²) in [5, 5.41) is 5.08. The van der Waals surface area contributed by atoms with Crippen molar-refractivity contribution in [1.29, 1.82) is 0 Å². The first-order valence-electron chi connectivity index (χ1n) is 7.54. The van der Waals surface area contributed by atoms with Crippen LogP contribution in [0.3, 0.4) is 0 Å². The van der Waals surface area contributed by atoms with Gasteiger partial charge in [0, 0.05) is 24.7 Å². The topological polar surface area (TPSA) is 21.1 Å². The van der Waals surface area contributed by atoms with E-state index in [0.29, 0.717) is 17.3 Å². The Morgan fingerprint density at radius 2 is 2.16 bits per heavy atom. The Kier molecular flexibility index (Phi) is 5.28. The van der Waals surface area contributed by atoms with Gasteiger partial charge >= 0.3 is 0 Å². The standard InChI is InChI=1S/C15H26ClN3/c1-4-14(5-2)19-9-6-13(17-19)11-18-8-7-15(16)12(3)10-18/h6,9,12,14-15H,4-5,7-8,10-11H2,1-3H3. The third-order valence-corrected chi connectivity index (χ3v) is 4.90. The normalized spacial score (nSPS) is 25.1. The van der Waals surface area contributed by atoms with Crippen LogP contribution in [0.4, 0.5) is 0 Å². The molecular weight excluding hydrogens is 258 g/mol. The number of likely N-dealkylation sites (tertiary alicyclic amines) is 1. The van der Waals surface area contributed by atoms with Crippen LogP contribution in [-0.2, 0) is 6.54 Å². The molecule has 108 valence electrons. The number of aromatic nitrogens is 2. The average Bonchev–Trinajstić information content (AvgIpc) is 2.84. The molecule has 1 aliphatic rings. The van der Waals surface area contributed by atoms with Gasteiger partial charge in [0.1, 0.15) is 0 Å². The zero-order valence-electron chi connectivity index (χ0n) is 12.3. The smallest absolute Gasteiger partial charge is 0.0764 e. The number of piperidine rings is 1. The number of hydrogen-bond acceptors (Lipinski definition) is 2. The van der Waals surface area contributed by atoms with Crippen molar-refractivity contribution < 1.29 is 0 Å². The fraction of sp³-hybridized carbons (Fsp3) is 0.800. The minimum Gasteiger partial charge on any atom is -0.297 e. The van der Waals surface area contributed by atoms with Crippen molar-refractivity contribution in [2.45, 2.75) is 58.0 Å². The maximum Gasteiger partial charge on any atom is 0.0764 e. The molecule has 1 aromatic heterocycles. The third-order valence-electron chi connectivity index (χ3n) is 4.25. The molecular formula is C15H26ClN3. The van der Waals surface area contributed by atoms with Crippen molar-refractivity contribution in [2.24, 2.45) is 5.92 Å². The second kappa shape index (κ2) is 6.76. The van der Waals surface area contributed by atoms with Gasteiger partial charge in [0.05, 0.1) is 11.7 Å². The molecule has 4 heteroatoms. The average molecular weight is 284 g/mol. The van der Waals surface area contributed by atoms with Gasteiger partial charge in [0.25, 0.3) is 0 Å². The van der Waals surface area contributed by atoms with E-state index in [-0.39, 0.29) is 0 Å². The molecule has 3 nitrogen and oxygen atoms in total. The molecule has 1 aromatic rings. The highest BCUT2D eigenvalue weighted by Crippen LogP contribution is 2.23. The molecule has 0 aromatic carbocycles. The molecule has 0 spiro atoms. The van der Waals surface area contributed by atoms with Crippen LogP contribution in [0, 0.1) is 5.92 Å². The molecule has 0 saturated carbocycles. The largest absolute Gasteiger partial charge is 0.297 e. The second-order valence-electron chi connectivity index (χ2n) is 5.77. The van der Waals surface area contributed by atoms with Crippen LogP contribution in [0.1, 0.15) is 51.8 Å². The number of alkyl halides is 1. The fourth-order valence-corrected chi connectivity index (χ4v) is 3.08. The van der Waals surface area contributed by atoms with Crippen molar-refractivity contribution in [2.75, 3.05) is 13.1 Å². The molecule has 0 aliphatic carbocycles.